The highest BCUT2D eigenvalue weighted by molar-refractivity contribution is 8.09. The molecular weight excluding hydrogens is 579 g/mol. The van der Waals surface area contributed by atoms with Gasteiger partial charge < -0.3 is 9.47 Å². The van der Waals surface area contributed by atoms with Crippen molar-refractivity contribution in [2.45, 2.75) is 66.6 Å². The molecule has 0 aromatic carbocycles. The molecule has 2 aliphatic rings. The van der Waals surface area contributed by atoms with Crippen LogP contribution in [0.3, 0.4) is 0 Å². The van der Waals surface area contributed by atoms with Gasteiger partial charge in [-0.05, 0) is 38.0 Å². The van der Waals surface area contributed by atoms with Crippen molar-refractivity contribution in [3.63, 3.8) is 0 Å². The van der Waals surface area contributed by atoms with Crippen molar-refractivity contribution >= 4 is 31.6 Å². The summed E-state index contributed by atoms with van der Waals surface area (Å²) in [5.74, 6) is -5.23. The molecule has 8 nitrogen and oxygen atoms in total. The molecule has 2 rings (SSSR count). The third-order valence-electron chi connectivity index (χ3n) is 6.12. The van der Waals surface area contributed by atoms with Crippen molar-refractivity contribution in [1.29, 1.82) is 0 Å². The molecule has 5 atom stereocenters. The van der Waals surface area contributed by atoms with Crippen LogP contribution in [0.2, 0.25) is 0 Å². The monoisotopic (exact) mass is 598 g/mol. The van der Waals surface area contributed by atoms with Crippen molar-refractivity contribution in [2.75, 3.05) is 0 Å². The average Bonchev–Trinajstić information content (AvgIpc) is 3.29. The Morgan fingerprint density at radius 2 is 1.35 bits per heavy atom. The lowest BCUT2D eigenvalue weighted by Crippen LogP contribution is -2.46. The van der Waals surface area contributed by atoms with Gasteiger partial charge in [0.05, 0.1) is 5.92 Å². The lowest BCUT2D eigenvalue weighted by molar-refractivity contribution is -0.160. The Hall–Kier alpha value is -2.05. The van der Waals surface area contributed by atoms with Gasteiger partial charge in [0.2, 0.25) is 0 Å². The van der Waals surface area contributed by atoms with E-state index in [9.17, 15) is 65.9 Å². The van der Waals surface area contributed by atoms with E-state index in [1.165, 1.54) is 0 Å². The van der Waals surface area contributed by atoms with Crippen LogP contribution in [0.4, 0.5) is 39.5 Å². The summed E-state index contributed by atoms with van der Waals surface area (Å²) in [6.07, 6.45) is -10.0. The maximum atomic E-state index is 12.9. The summed E-state index contributed by atoms with van der Waals surface area (Å²) in [6.45, 7) is 3.29. The first-order chi connectivity index (χ1) is 16.4. The number of carbonyl (C=O) groups is 2. The van der Waals surface area contributed by atoms with Crippen LogP contribution >= 0.6 is 0 Å². The van der Waals surface area contributed by atoms with Crippen LogP contribution in [0.25, 0.3) is 0 Å². The minimum atomic E-state index is -6.91. The van der Waals surface area contributed by atoms with Crippen LogP contribution in [0.5, 0.6) is 0 Å². The van der Waals surface area contributed by atoms with Crippen molar-refractivity contribution < 1.29 is 75.4 Å². The molecule has 2 saturated carbocycles. The number of carbonyl (C=O) groups excluding carboxylic acids is 2. The summed E-state index contributed by atoms with van der Waals surface area (Å²) < 4.78 is 167. The number of fused-ring (bicyclic) bond motifs is 2. The molecule has 5 unspecified atom stereocenters. The van der Waals surface area contributed by atoms with Crippen molar-refractivity contribution in [3.05, 3.63) is 12.2 Å². The van der Waals surface area contributed by atoms with Gasteiger partial charge in [0, 0.05) is 6.42 Å². The van der Waals surface area contributed by atoms with Gasteiger partial charge in [-0.2, -0.15) is 39.5 Å². The normalized spacial score (nSPS) is 25.7. The molecule has 0 aliphatic heterocycles. The highest BCUT2D eigenvalue weighted by Gasteiger charge is 2.63. The Labute approximate surface area is 204 Å². The maximum absolute atomic E-state index is 12.9. The van der Waals surface area contributed by atoms with Crippen molar-refractivity contribution in [1.82, 2.24) is 0 Å². The molecule has 0 heterocycles. The molecule has 0 saturated heterocycles. The Kier molecular flexibility index (Phi) is 8.36. The molecule has 0 spiro atoms. The topological polar surface area (TPSA) is 121 Å². The largest absolute Gasteiger partial charge is 0.498 e. The van der Waals surface area contributed by atoms with E-state index in [-0.39, 0.29) is 19.3 Å². The number of sulfone groups is 2. The molecular formula is C18H19F9O8S2. The van der Waals surface area contributed by atoms with Crippen LogP contribution in [-0.2, 0) is 38.7 Å². The van der Waals surface area contributed by atoms with Gasteiger partial charge in [0.1, 0.15) is 17.8 Å². The first-order valence-corrected chi connectivity index (χ1v) is 13.3. The third-order valence-corrected chi connectivity index (χ3v) is 10.7. The molecule has 0 aromatic heterocycles. The lowest BCUT2D eigenvalue weighted by atomic mass is 9.87. The standard InChI is InChI=1S/C18H19F9O8S2/c1-7(3-13(36(30,31)17(22,23)24)37(32,33)18(25,26)27)34-15(29)11-5-10-4-9(11)6-12(10)35-14(28)8(2)16(19,20)21/h7,9-13H,2-6H2,1H3. The van der Waals surface area contributed by atoms with E-state index in [1.54, 1.807) is 0 Å². The first kappa shape index (κ1) is 31.2. The molecule has 2 aliphatic carbocycles. The van der Waals surface area contributed by atoms with Crippen LogP contribution in [0.15, 0.2) is 12.2 Å². The number of esters is 2. The lowest BCUT2D eigenvalue weighted by Gasteiger charge is -2.28. The van der Waals surface area contributed by atoms with Crippen LogP contribution < -0.4 is 0 Å². The summed E-state index contributed by atoms with van der Waals surface area (Å²) >= 11 is 0. The number of ether oxygens (including phenoxy) is 2. The molecule has 0 amide bonds. The molecule has 0 radical (unpaired) electrons. The van der Waals surface area contributed by atoms with E-state index < -0.39 is 95.3 Å². The van der Waals surface area contributed by atoms with Crippen molar-refractivity contribution in [2.24, 2.45) is 17.8 Å². The summed E-state index contributed by atoms with van der Waals surface area (Å²) in [5.41, 5.74) is -14.5. The molecule has 2 fully saturated rings. The number of rotatable bonds is 8. The van der Waals surface area contributed by atoms with Crippen LogP contribution in [-0.4, -0.2) is 62.8 Å². The van der Waals surface area contributed by atoms with Gasteiger partial charge >= 0.3 is 29.1 Å². The quantitative estimate of drug-likeness (QED) is 0.236. The number of halogens is 9. The zero-order chi connectivity index (χ0) is 28.9. The molecule has 2 bridgehead atoms. The van der Waals surface area contributed by atoms with Gasteiger partial charge in [-0.3, -0.25) is 4.79 Å². The first-order valence-electron chi connectivity index (χ1n) is 10.2. The Morgan fingerprint density at radius 1 is 0.865 bits per heavy atom. The van der Waals surface area contributed by atoms with E-state index in [2.05, 4.69) is 6.58 Å². The van der Waals surface area contributed by atoms with Crippen molar-refractivity contribution in [3.8, 4) is 0 Å². The van der Waals surface area contributed by atoms with Gasteiger partial charge in [-0.15, -0.1) is 0 Å². The van der Waals surface area contributed by atoms with Crippen LogP contribution in [0.1, 0.15) is 32.6 Å². The highest BCUT2D eigenvalue weighted by atomic mass is 32.3. The second-order valence-electron chi connectivity index (χ2n) is 8.65. The summed E-state index contributed by atoms with van der Waals surface area (Å²) in [6, 6.07) is 0. The Bertz CT molecular complexity index is 1100. The Balaban J connectivity index is 2.09. The summed E-state index contributed by atoms with van der Waals surface area (Å²) in [5, 5.41) is 0. The zero-order valence-corrected chi connectivity index (χ0v) is 20.1. The highest BCUT2D eigenvalue weighted by Crippen LogP contribution is 2.50. The van der Waals surface area contributed by atoms with E-state index >= 15 is 0 Å². The van der Waals surface area contributed by atoms with E-state index in [0.717, 1.165) is 0 Å². The molecule has 0 aromatic rings. The fraction of sp³-hybridized carbons (Fsp3) is 0.778. The van der Waals surface area contributed by atoms with E-state index in [4.69, 9.17) is 9.47 Å². The zero-order valence-electron chi connectivity index (χ0n) is 18.5. The Morgan fingerprint density at radius 3 is 1.73 bits per heavy atom. The second-order valence-corrected chi connectivity index (χ2v) is 13.2. The smallest absolute Gasteiger partial charge is 0.462 e. The molecule has 37 heavy (non-hydrogen) atoms. The SMILES string of the molecule is C=C(C(=O)OC1CC2CC1CC2C(=O)OC(C)CC(S(=O)(=O)C(F)(F)F)S(=O)(=O)C(F)(F)F)C(F)(F)F. The minimum Gasteiger partial charge on any atom is -0.462 e. The second kappa shape index (κ2) is 9.92. The number of hydrogen-bond acceptors (Lipinski definition) is 8. The van der Waals surface area contributed by atoms with Gasteiger partial charge in [-0.1, -0.05) is 6.58 Å². The van der Waals surface area contributed by atoms with E-state index in [0.29, 0.717) is 6.92 Å². The van der Waals surface area contributed by atoms with Gasteiger partial charge in [-0.25, -0.2) is 21.6 Å². The fourth-order valence-corrected chi connectivity index (χ4v) is 7.94. The number of alkyl halides is 9. The molecule has 19 heteroatoms. The summed E-state index contributed by atoms with van der Waals surface area (Å²) in [7, 11) is -13.8. The third kappa shape index (κ3) is 6.34. The van der Waals surface area contributed by atoms with E-state index in [1.807, 2.05) is 0 Å². The van der Waals surface area contributed by atoms with Gasteiger partial charge in [0.25, 0.3) is 19.7 Å². The molecule has 214 valence electrons. The van der Waals surface area contributed by atoms with Gasteiger partial charge in [0.15, 0.2) is 4.58 Å². The number of hydrogen-bond donors (Lipinski definition) is 0. The van der Waals surface area contributed by atoms with Crippen LogP contribution in [0, 0.1) is 17.8 Å². The summed E-state index contributed by atoms with van der Waals surface area (Å²) in [4.78, 5) is 24.0. The predicted octanol–water partition coefficient (Wildman–Crippen LogP) is 3.58. The maximum Gasteiger partial charge on any atom is 0.498 e. The predicted molar refractivity (Wildman–Crippen MR) is 103 cm³/mol. The fourth-order valence-electron chi connectivity index (χ4n) is 4.30. The average molecular weight is 598 g/mol. The minimum absolute atomic E-state index is 0.108. The molecule has 0 N–H and O–H groups in total.